The number of aromatic nitrogens is 2. The Morgan fingerprint density at radius 3 is 2.85 bits per heavy atom. The van der Waals surface area contributed by atoms with Crippen LogP contribution in [0.4, 0.5) is 5.69 Å². The standard InChI is InChI=1S/C14H13N3O3/c18-14-11-6-1-2-7-12(11)15-13(16-14)9-4-3-5-10(8-9)17(19)20/h3-5,8H,1-2,6-7H2,(H,15,16,18). The molecule has 0 unspecified atom stereocenters. The maximum atomic E-state index is 12.0. The van der Waals surface area contributed by atoms with Crippen LogP contribution in [0.3, 0.4) is 0 Å². The second kappa shape index (κ2) is 4.88. The predicted molar refractivity (Wildman–Crippen MR) is 73.6 cm³/mol. The third-order valence-electron chi connectivity index (χ3n) is 3.52. The van der Waals surface area contributed by atoms with Gasteiger partial charge < -0.3 is 4.98 Å². The molecule has 1 aromatic heterocycles. The van der Waals surface area contributed by atoms with Gasteiger partial charge in [0, 0.05) is 23.3 Å². The topological polar surface area (TPSA) is 88.9 Å². The van der Waals surface area contributed by atoms with Gasteiger partial charge in [-0.2, -0.15) is 0 Å². The smallest absolute Gasteiger partial charge is 0.270 e. The summed E-state index contributed by atoms with van der Waals surface area (Å²) in [6, 6.07) is 6.14. The molecule has 0 spiro atoms. The van der Waals surface area contributed by atoms with Gasteiger partial charge in [0.1, 0.15) is 5.82 Å². The highest BCUT2D eigenvalue weighted by Gasteiger charge is 2.17. The van der Waals surface area contributed by atoms with Crippen LogP contribution in [0.1, 0.15) is 24.1 Å². The minimum absolute atomic E-state index is 0.0112. The Morgan fingerprint density at radius 2 is 2.05 bits per heavy atom. The largest absolute Gasteiger partial charge is 0.306 e. The summed E-state index contributed by atoms with van der Waals surface area (Å²) < 4.78 is 0. The van der Waals surface area contributed by atoms with E-state index in [0.29, 0.717) is 11.4 Å². The number of nitrogens with one attached hydrogen (secondary N) is 1. The maximum absolute atomic E-state index is 12.0. The molecule has 0 saturated heterocycles. The van der Waals surface area contributed by atoms with Crippen molar-refractivity contribution >= 4 is 5.69 Å². The average molecular weight is 271 g/mol. The summed E-state index contributed by atoms with van der Waals surface area (Å²) in [5.41, 5.74) is 2.00. The van der Waals surface area contributed by atoms with Crippen molar-refractivity contribution in [3.8, 4) is 11.4 Å². The number of nitro groups is 1. The minimum atomic E-state index is -0.458. The number of rotatable bonds is 2. The number of nitro benzene ring substituents is 1. The summed E-state index contributed by atoms with van der Waals surface area (Å²) in [5, 5.41) is 10.8. The average Bonchev–Trinajstić information content (AvgIpc) is 2.47. The van der Waals surface area contributed by atoms with E-state index >= 15 is 0 Å². The normalized spacial score (nSPS) is 13.8. The van der Waals surface area contributed by atoms with E-state index in [1.807, 2.05) is 0 Å². The molecule has 3 rings (SSSR count). The number of aromatic amines is 1. The first-order chi connectivity index (χ1) is 9.65. The first-order valence-electron chi connectivity index (χ1n) is 6.52. The van der Waals surface area contributed by atoms with E-state index in [2.05, 4.69) is 9.97 Å². The van der Waals surface area contributed by atoms with Crippen molar-refractivity contribution in [2.75, 3.05) is 0 Å². The summed E-state index contributed by atoms with van der Waals surface area (Å²) in [6.45, 7) is 0. The van der Waals surface area contributed by atoms with Gasteiger partial charge >= 0.3 is 0 Å². The number of fused-ring (bicyclic) bond motifs is 1. The van der Waals surface area contributed by atoms with Crippen LogP contribution >= 0.6 is 0 Å². The van der Waals surface area contributed by atoms with Crippen molar-refractivity contribution < 1.29 is 4.92 Å². The zero-order valence-corrected chi connectivity index (χ0v) is 10.8. The Balaban J connectivity index is 2.11. The van der Waals surface area contributed by atoms with Crippen molar-refractivity contribution in [3.05, 3.63) is 56.0 Å². The molecule has 0 amide bonds. The van der Waals surface area contributed by atoms with Crippen molar-refractivity contribution in [1.29, 1.82) is 0 Å². The lowest BCUT2D eigenvalue weighted by atomic mass is 9.97. The lowest BCUT2D eigenvalue weighted by Crippen LogP contribution is -2.21. The van der Waals surface area contributed by atoms with Crippen LogP contribution in [0.5, 0.6) is 0 Å². The molecular weight excluding hydrogens is 258 g/mol. The van der Waals surface area contributed by atoms with Gasteiger partial charge in [0.25, 0.3) is 11.2 Å². The monoisotopic (exact) mass is 271 g/mol. The van der Waals surface area contributed by atoms with E-state index in [1.54, 1.807) is 12.1 Å². The van der Waals surface area contributed by atoms with E-state index < -0.39 is 4.92 Å². The molecule has 1 aromatic carbocycles. The fourth-order valence-electron chi connectivity index (χ4n) is 2.51. The van der Waals surface area contributed by atoms with Gasteiger partial charge in [-0.3, -0.25) is 14.9 Å². The molecule has 2 aromatic rings. The molecule has 0 aliphatic heterocycles. The SMILES string of the molecule is O=c1[nH]c(-c2cccc([N+](=O)[O-])c2)nc2c1CCCC2. The predicted octanol–water partition coefficient (Wildman–Crippen LogP) is 2.22. The maximum Gasteiger partial charge on any atom is 0.270 e. The van der Waals surface area contributed by atoms with Gasteiger partial charge in [-0.15, -0.1) is 0 Å². The van der Waals surface area contributed by atoms with E-state index in [-0.39, 0.29) is 11.2 Å². The quantitative estimate of drug-likeness (QED) is 0.670. The zero-order valence-electron chi connectivity index (χ0n) is 10.8. The van der Waals surface area contributed by atoms with Gasteiger partial charge in [-0.1, -0.05) is 12.1 Å². The van der Waals surface area contributed by atoms with Gasteiger partial charge in [0.05, 0.1) is 10.6 Å². The van der Waals surface area contributed by atoms with E-state index in [9.17, 15) is 14.9 Å². The molecule has 1 aliphatic carbocycles. The van der Waals surface area contributed by atoms with Crippen molar-refractivity contribution in [2.24, 2.45) is 0 Å². The van der Waals surface area contributed by atoms with E-state index in [4.69, 9.17) is 0 Å². The summed E-state index contributed by atoms with van der Waals surface area (Å²) in [4.78, 5) is 29.6. The lowest BCUT2D eigenvalue weighted by molar-refractivity contribution is -0.384. The molecule has 0 radical (unpaired) electrons. The highest BCUT2D eigenvalue weighted by atomic mass is 16.6. The first kappa shape index (κ1) is 12.5. The van der Waals surface area contributed by atoms with E-state index in [0.717, 1.165) is 36.9 Å². The molecule has 0 saturated carbocycles. The Bertz CT molecular complexity index is 737. The minimum Gasteiger partial charge on any atom is -0.306 e. The number of non-ortho nitro benzene ring substituents is 1. The highest BCUT2D eigenvalue weighted by molar-refractivity contribution is 5.59. The van der Waals surface area contributed by atoms with Crippen LogP contribution in [-0.4, -0.2) is 14.9 Å². The number of H-pyrrole nitrogens is 1. The molecule has 0 atom stereocenters. The van der Waals surface area contributed by atoms with Crippen LogP contribution in [0, 0.1) is 10.1 Å². The van der Waals surface area contributed by atoms with Gasteiger partial charge in [0.15, 0.2) is 0 Å². The molecule has 6 nitrogen and oxygen atoms in total. The Kier molecular flexibility index (Phi) is 3.06. The Labute approximate surface area is 114 Å². The fraction of sp³-hybridized carbons (Fsp3) is 0.286. The molecule has 6 heteroatoms. The second-order valence-electron chi connectivity index (χ2n) is 4.85. The number of nitrogens with zero attached hydrogens (tertiary/aromatic N) is 2. The molecule has 1 N–H and O–H groups in total. The molecule has 1 heterocycles. The first-order valence-corrected chi connectivity index (χ1v) is 6.52. The molecule has 20 heavy (non-hydrogen) atoms. The molecule has 1 aliphatic rings. The molecule has 0 fully saturated rings. The van der Waals surface area contributed by atoms with Crippen LogP contribution in [0.2, 0.25) is 0 Å². The number of hydrogen-bond acceptors (Lipinski definition) is 4. The Hall–Kier alpha value is -2.50. The van der Waals surface area contributed by atoms with Crippen LogP contribution in [-0.2, 0) is 12.8 Å². The molecular formula is C14H13N3O3. The van der Waals surface area contributed by atoms with Crippen LogP contribution < -0.4 is 5.56 Å². The summed E-state index contributed by atoms with van der Waals surface area (Å²) in [6.07, 6.45) is 3.58. The van der Waals surface area contributed by atoms with Crippen molar-refractivity contribution in [3.63, 3.8) is 0 Å². The molecule has 0 bridgehead atoms. The van der Waals surface area contributed by atoms with Crippen LogP contribution in [0.15, 0.2) is 29.1 Å². The fourth-order valence-corrected chi connectivity index (χ4v) is 2.51. The zero-order chi connectivity index (χ0) is 14.1. The summed E-state index contributed by atoms with van der Waals surface area (Å²) in [5.74, 6) is 0.402. The molecule has 102 valence electrons. The van der Waals surface area contributed by atoms with Crippen molar-refractivity contribution in [2.45, 2.75) is 25.7 Å². The number of aryl methyl sites for hydroxylation is 1. The lowest BCUT2D eigenvalue weighted by Gasteiger charge is -2.14. The number of hydrogen-bond donors (Lipinski definition) is 1. The second-order valence-corrected chi connectivity index (χ2v) is 4.85. The highest BCUT2D eigenvalue weighted by Crippen LogP contribution is 2.22. The summed E-state index contributed by atoms with van der Waals surface area (Å²) in [7, 11) is 0. The number of benzene rings is 1. The third-order valence-corrected chi connectivity index (χ3v) is 3.52. The Morgan fingerprint density at radius 1 is 1.25 bits per heavy atom. The van der Waals surface area contributed by atoms with Gasteiger partial charge in [-0.05, 0) is 25.7 Å². The third kappa shape index (κ3) is 2.20. The van der Waals surface area contributed by atoms with Crippen LogP contribution in [0.25, 0.3) is 11.4 Å². The summed E-state index contributed by atoms with van der Waals surface area (Å²) >= 11 is 0. The van der Waals surface area contributed by atoms with E-state index in [1.165, 1.54) is 12.1 Å². The van der Waals surface area contributed by atoms with Gasteiger partial charge in [0.2, 0.25) is 0 Å². The van der Waals surface area contributed by atoms with Gasteiger partial charge in [-0.25, -0.2) is 4.98 Å². The van der Waals surface area contributed by atoms with Crippen molar-refractivity contribution in [1.82, 2.24) is 9.97 Å².